The van der Waals surface area contributed by atoms with Crippen LogP contribution in [0.4, 0.5) is 0 Å². The van der Waals surface area contributed by atoms with Gasteiger partial charge in [-0.2, -0.15) is 0 Å². The standard InChI is InChI=1S/C17H15ClO6S/c1-23-12-5-3-4-11(8-12)16(19)10-24-17(20)14-9-13(25(2,21)22)6-7-15(14)18/h3-9H,10H2,1-2H3. The summed E-state index contributed by atoms with van der Waals surface area (Å²) in [5.41, 5.74) is 0.200. The van der Waals surface area contributed by atoms with Gasteiger partial charge in [0.05, 0.1) is 22.6 Å². The summed E-state index contributed by atoms with van der Waals surface area (Å²) in [6, 6.07) is 10.1. The monoisotopic (exact) mass is 382 g/mol. The molecule has 2 aromatic carbocycles. The van der Waals surface area contributed by atoms with Crippen LogP contribution in [-0.2, 0) is 14.6 Å². The Kier molecular flexibility index (Phi) is 5.81. The van der Waals surface area contributed by atoms with Crippen LogP contribution in [0.1, 0.15) is 20.7 Å². The van der Waals surface area contributed by atoms with Crippen LogP contribution in [0.5, 0.6) is 5.75 Å². The Labute approximate surface area is 150 Å². The first-order valence-electron chi connectivity index (χ1n) is 7.06. The molecule has 0 aliphatic heterocycles. The average Bonchev–Trinajstić information content (AvgIpc) is 2.58. The van der Waals surface area contributed by atoms with Crippen molar-refractivity contribution in [1.29, 1.82) is 0 Å². The normalized spacial score (nSPS) is 11.0. The number of sulfone groups is 1. The largest absolute Gasteiger partial charge is 0.497 e. The average molecular weight is 383 g/mol. The zero-order valence-electron chi connectivity index (χ0n) is 13.5. The lowest BCUT2D eigenvalue weighted by molar-refractivity contribution is 0.0474. The summed E-state index contributed by atoms with van der Waals surface area (Å²) < 4.78 is 33.1. The lowest BCUT2D eigenvalue weighted by Crippen LogP contribution is -2.15. The van der Waals surface area contributed by atoms with Crippen LogP contribution in [0, 0.1) is 0 Å². The number of carbonyl (C=O) groups is 2. The highest BCUT2D eigenvalue weighted by Crippen LogP contribution is 2.21. The quantitative estimate of drug-likeness (QED) is 0.564. The van der Waals surface area contributed by atoms with Gasteiger partial charge in [-0.1, -0.05) is 23.7 Å². The van der Waals surface area contributed by atoms with E-state index in [1.807, 2.05) is 0 Å². The Morgan fingerprint density at radius 1 is 1.12 bits per heavy atom. The lowest BCUT2D eigenvalue weighted by Gasteiger charge is -2.08. The van der Waals surface area contributed by atoms with Crippen molar-refractivity contribution in [3.63, 3.8) is 0 Å². The van der Waals surface area contributed by atoms with Crippen LogP contribution in [0.3, 0.4) is 0 Å². The maximum atomic E-state index is 12.1. The van der Waals surface area contributed by atoms with E-state index in [0.29, 0.717) is 11.3 Å². The topological polar surface area (TPSA) is 86.7 Å². The minimum atomic E-state index is -3.50. The van der Waals surface area contributed by atoms with E-state index >= 15 is 0 Å². The third-order valence-corrected chi connectivity index (χ3v) is 4.75. The molecule has 25 heavy (non-hydrogen) atoms. The highest BCUT2D eigenvalue weighted by molar-refractivity contribution is 7.90. The van der Waals surface area contributed by atoms with Crippen molar-refractivity contribution >= 4 is 33.2 Å². The number of ketones is 1. The molecule has 0 heterocycles. The van der Waals surface area contributed by atoms with Gasteiger partial charge in [0.2, 0.25) is 0 Å². The fourth-order valence-corrected chi connectivity index (χ4v) is 2.82. The Hall–Kier alpha value is -2.38. The smallest absolute Gasteiger partial charge is 0.340 e. The maximum absolute atomic E-state index is 12.1. The molecule has 0 fully saturated rings. The number of methoxy groups -OCH3 is 1. The van der Waals surface area contributed by atoms with Crippen LogP contribution in [0.2, 0.25) is 5.02 Å². The van der Waals surface area contributed by atoms with Gasteiger partial charge in [0.15, 0.2) is 22.2 Å². The fraction of sp³-hybridized carbons (Fsp3) is 0.176. The van der Waals surface area contributed by atoms with Gasteiger partial charge in [0.1, 0.15) is 5.75 Å². The van der Waals surface area contributed by atoms with Gasteiger partial charge in [0, 0.05) is 11.8 Å². The summed E-state index contributed by atoms with van der Waals surface area (Å²) in [7, 11) is -2.03. The first-order valence-corrected chi connectivity index (χ1v) is 9.33. The van der Waals surface area contributed by atoms with Crippen LogP contribution in [-0.4, -0.2) is 40.1 Å². The molecule has 2 aromatic rings. The van der Waals surface area contributed by atoms with Gasteiger partial charge >= 0.3 is 5.97 Å². The van der Waals surface area contributed by atoms with Crippen LogP contribution in [0.15, 0.2) is 47.4 Å². The van der Waals surface area contributed by atoms with Gasteiger partial charge in [-0.05, 0) is 30.3 Å². The van der Waals surface area contributed by atoms with E-state index < -0.39 is 28.2 Å². The second kappa shape index (κ2) is 7.67. The van der Waals surface area contributed by atoms with Crippen molar-refractivity contribution in [2.24, 2.45) is 0 Å². The predicted octanol–water partition coefficient (Wildman–Crippen LogP) is 2.79. The number of ether oxygens (including phenoxy) is 2. The van der Waals surface area contributed by atoms with Gasteiger partial charge in [-0.25, -0.2) is 13.2 Å². The molecule has 2 rings (SSSR count). The molecule has 0 aliphatic rings. The Morgan fingerprint density at radius 3 is 2.48 bits per heavy atom. The molecule has 0 N–H and O–H groups in total. The molecule has 0 saturated heterocycles. The summed E-state index contributed by atoms with van der Waals surface area (Å²) in [6.45, 7) is -0.508. The minimum absolute atomic E-state index is 0.0335. The van der Waals surface area contributed by atoms with E-state index in [2.05, 4.69) is 0 Å². The second-order valence-corrected chi connectivity index (χ2v) is 7.57. The molecule has 0 radical (unpaired) electrons. The molecule has 132 valence electrons. The molecule has 0 saturated carbocycles. The highest BCUT2D eigenvalue weighted by atomic mass is 35.5. The predicted molar refractivity (Wildman–Crippen MR) is 92.2 cm³/mol. The van der Waals surface area contributed by atoms with Crippen molar-refractivity contribution in [1.82, 2.24) is 0 Å². The molecular formula is C17H15ClO6S. The molecule has 0 spiro atoms. The molecule has 0 bridgehead atoms. The number of benzene rings is 2. The van der Waals surface area contributed by atoms with Crippen LogP contribution in [0.25, 0.3) is 0 Å². The van der Waals surface area contributed by atoms with E-state index in [4.69, 9.17) is 21.1 Å². The van der Waals surface area contributed by atoms with Crippen molar-refractivity contribution in [2.75, 3.05) is 20.0 Å². The van der Waals surface area contributed by atoms with Crippen LogP contribution < -0.4 is 4.74 Å². The summed E-state index contributed by atoms with van der Waals surface area (Å²) in [5, 5.41) is 0.0335. The van der Waals surface area contributed by atoms with Gasteiger partial charge < -0.3 is 9.47 Å². The van der Waals surface area contributed by atoms with Crippen molar-refractivity contribution < 1.29 is 27.5 Å². The molecule has 6 nitrogen and oxygen atoms in total. The number of hydrogen-bond acceptors (Lipinski definition) is 6. The maximum Gasteiger partial charge on any atom is 0.340 e. The molecule has 0 unspecified atom stereocenters. The van der Waals surface area contributed by atoms with Crippen molar-refractivity contribution in [3.8, 4) is 5.75 Å². The zero-order valence-corrected chi connectivity index (χ0v) is 15.1. The van der Waals surface area contributed by atoms with E-state index in [1.165, 1.54) is 25.3 Å². The van der Waals surface area contributed by atoms with Gasteiger partial charge in [-0.3, -0.25) is 4.79 Å². The fourth-order valence-electron chi connectivity index (χ4n) is 1.98. The highest BCUT2D eigenvalue weighted by Gasteiger charge is 2.18. The van der Waals surface area contributed by atoms with E-state index in [0.717, 1.165) is 12.3 Å². The number of carbonyl (C=O) groups excluding carboxylic acids is 2. The Bertz CT molecular complexity index is 920. The number of Topliss-reactive ketones (excluding diaryl/α,β-unsaturated/α-hetero) is 1. The van der Waals surface area contributed by atoms with Crippen molar-refractivity contribution in [3.05, 3.63) is 58.6 Å². The number of halogens is 1. The number of rotatable bonds is 6. The van der Waals surface area contributed by atoms with E-state index in [-0.39, 0.29) is 15.5 Å². The van der Waals surface area contributed by atoms with E-state index in [9.17, 15) is 18.0 Å². The SMILES string of the molecule is COc1cccc(C(=O)COC(=O)c2cc(S(C)(=O)=O)ccc2Cl)c1. The van der Waals surface area contributed by atoms with Crippen molar-refractivity contribution in [2.45, 2.75) is 4.90 Å². The molecule has 0 aliphatic carbocycles. The summed E-state index contributed by atoms with van der Waals surface area (Å²) in [6.07, 6.45) is 1.01. The number of hydrogen-bond donors (Lipinski definition) is 0. The first kappa shape index (κ1) is 19.0. The Balaban J connectivity index is 2.13. The summed E-state index contributed by atoms with van der Waals surface area (Å²) in [5.74, 6) is -0.810. The molecule has 0 atom stereocenters. The summed E-state index contributed by atoms with van der Waals surface area (Å²) >= 11 is 5.92. The third-order valence-electron chi connectivity index (χ3n) is 3.31. The van der Waals surface area contributed by atoms with E-state index in [1.54, 1.807) is 18.2 Å². The minimum Gasteiger partial charge on any atom is -0.497 e. The lowest BCUT2D eigenvalue weighted by atomic mass is 10.1. The molecular weight excluding hydrogens is 368 g/mol. The molecule has 8 heteroatoms. The number of esters is 1. The molecule has 0 aromatic heterocycles. The second-order valence-electron chi connectivity index (χ2n) is 5.15. The first-order chi connectivity index (χ1) is 11.7. The van der Waals surface area contributed by atoms with Gasteiger partial charge in [-0.15, -0.1) is 0 Å². The third kappa shape index (κ3) is 4.80. The Morgan fingerprint density at radius 2 is 1.84 bits per heavy atom. The summed E-state index contributed by atoms with van der Waals surface area (Å²) in [4.78, 5) is 24.2. The van der Waals surface area contributed by atoms with Gasteiger partial charge in [0.25, 0.3) is 0 Å². The van der Waals surface area contributed by atoms with Crippen LogP contribution >= 0.6 is 11.6 Å². The molecule has 0 amide bonds. The zero-order chi connectivity index (χ0) is 18.6.